The number of carbonyl (C=O) groups excluding carboxylic acids is 1. The molecule has 6 heteroatoms. The number of amides is 1. The lowest BCUT2D eigenvalue weighted by Crippen LogP contribution is -2.52. The Hall–Kier alpha value is -1.85. The van der Waals surface area contributed by atoms with Crippen LogP contribution in [0, 0.1) is 5.82 Å². The maximum absolute atomic E-state index is 13.8. The highest BCUT2D eigenvalue weighted by atomic mass is 35.5. The van der Waals surface area contributed by atoms with E-state index in [2.05, 4.69) is 5.32 Å². The maximum atomic E-state index is 13.8. The van der Waals surface area contributed by atoms with Gasteiger partial charge in [-0.15, -0.1) is 12.4 Å². The minimum atomic E-state index is -0.306. The minimum absolute atomic E-state index is 0. The van der Waals surface area contributed by atoms with Crippen molar-refractivity contribution < 1.29 is 13.6 Å². The Balaban J connectivity index is 0.00000208. The normalized spacial score (nSPS) is 17.4. The van der Waals surface area contributed by atoms with Gasteiger partial charge in [-0.3, -0.25) is 4.79 Å². The summed E-state index contributed by atoms with van der Waals surface area (Å²) in [6.45, 7) is 4.48. The second kappa shape index (κ2) is 8.31. The number of benzene rings is 1. The predicted octanol–water partition coefficient (Wildman–Crippen LogP) is 3.26. The van der Waals surface area contributed by atoms with Crippen molar-refractivity contribution in [2.24, 2.45) is 0 Å². The number of hydrogen-bond donors (Lipinski definition) is 1. The van der Waals surface area contributed by atoms with E-state index in [1.165, 1.54) is 6.07 Å². The largest absolute Gasteiger partial charge is 0.461 e. The van der Waals surface area contributed by atoms with E-state index in [4.69, 9.17) is 4.42 Å². The molecule has 1 fully saturated rings. The first-order valence-corrected chi connectivity index (χ1v) is 7.99. The van der Waals surface area contributed by atoms with E-state index < -0.39 is 0 Å². The summed E-state index contributed by atoms with van der Waals surface area (Å²) in [6, 6.07) is 10.3. The fourth-order valence-corrected chi connectivity index (χ4v) is 2.90. The smallest absolute Gasteiger partial charge is 0.223 e. The number of rotatable bonds is 4. The van der Waals surface area contributed by atoms with E-state index in [9.17, 15) is 9.18 Å². The van der Waals surface area contributed by atoms with Crippen molar-refractivity contribution >= 4 is 18.3 Å². The van der Waals surface area contributed by atoms with Crippen LogP contribution >= 0.6 is 12.4 Å². The van der Waals surface area contributed by atoms with E-state index in [0.717, 1.165) is 19.6 Å². The molecule has 1 amide bonds. The van der Waals surface area contributed by atoms with Crippen LogP contribution in [0.2, 0.25) is 0 Å². The van der Waals surface area contributed by atoms with E-state index in [1.54, 1.807) is 24.3 Å². The summed E-state index contributed by atoms with van der Waals surface area (Å²) >= 11 is 0. The molecule has 1 aliphatic rings. The van der Waals surface area contributed by atoms with Crippen molar-refractivity contribution in [3.63, 3.8) is 0 Å². The van der Waals surface area contributed by atoms with Gasteiger partial charge in [-0.1, -0.05) is 12.1 Å². The highest BCUT2D eigenvalue weighted by Gasteiger charge is 2.22. The Bertz CT molecular complexity index is 689. The zero-order chi connectivity index (χ0) is 16.2. The number of furan rings is 1. The van der Waals surface area contributed by atoms with E-state index in [-0.39, 0.29) is 30.2 Å². The van der Waals surface area contributed by atoms with Gasteiger partial charge in [0.15, 0.2) is 0 Å². The second-order valence-corrected chi connectivity index (χ2v) is 5.89. The first-order valence-electron chi connectivity index (χ1n) is 7.99. The van der Waals surface area contributed by atoms with Crippen molar-refractivity contribution in [2.75, 3.05) is 19.6 Å². The van der Waals surface area contributed by atoms with Crippen LogP contribution in [0.5, 0.6) is 0 Å². The zero-order valence-corrected chi connectivity index (χ0v) is 14.4. The van der Waals surface area contributed by atoms with Gasteiger partial charge in [0, 0.05) is 38.5 Å². The monoisotopic (exact) mass is 352 g/mol. The fraction of sp³-hybridized carbons (Fsp3) is 0.389. The molecular formula is C18H22ClFN2O2. The van der Waals surface area contributed by atoms with E-state index in [0.29, 0.717) is 29.9 Å². The van der Waals surface area contributed by atoms with Crippen LogP contribution in [0.15, 0.2) is 40.8 Å². The first kappa shape index (κ1) is 18.5. The standard InChI is InChI=1S/C18H21FN2O2.ClH/c1-13-12-20-10-11-21(13)18(22)9-7-14-6-8-17(23-14)15-4-2-3-5-16(15)19;/h2-6,8,13,20H,7,9-12H2,1H3;1H/t13-;/m0./s1. The van der Waals surface area contributed by atoms with Gasteiger partial charge in [0.25, 0.3) is 0 Å². The molecule has 1 saturated heterocycles. The summed E-state index contributed by atoms with van der Waals surface area (Å²) in [5.41, 5.74) is 0.445. The van der Waals surface area contributed by atoms with E-state index >= 15 is 0 Å². The van der Waals surface area contributed by atoms with Crippen LogP contribution in [0.1, 0.15) is 19.1 Å². The summed E-state index contributed by atoms with van der Waals surface area (Å²) < 4.78 is 19.4. The van der Waals surface area contributed by atoms with Gasteiger partial charge in [0.2, 0.25) is 5.91 Å². The molecule has 0 aliphatic carbocycles. The van der Waals surface area contributed by atoms with Crippen LogP contribution in [-0.2, 0) is 11.2 Å². The van der Waals surface area contributed by atoms with Gasteiger partial charge in [0.05, 0.1) is 5.56 Å². The van der Waals surface area contributed by atoms with Crippen LogP contribution in [0.4, 0.5) is 4.39 Å². The van der Waals surface area contributed by atoms with Crippen LogP contribution in [-0.4, -0.2) is 36.5 Å². The van der Waals surface area contributed by atoms with Crippen molar-refractivity contribution in [1.82, 2.24) is 10.2 Å². The molecule has 0 unspecified atom stereocenters. The molecule has 1 aliphatic heterocycles. The molecule has 1 aromatic carbocycles. The van der Waals surface area contributed by atoms with Crippen molar-refractivity contribution in [3.05, 3.63) is 48.0 Å². The summed E-state index contributed by atoms with van der Waals surface area (Å²) in [6.07, 6.45) is 0.943. The zero-order valence-electron chi connectivity index (χ0n) is 13.6. The van der Waals surface area contributed by atoms with Crippen molar-refractivity contribution in [3.8, 4) is 11.3 Å². The molecule has 0 saturated carbocycles. The second-order valence-electron chi connectivity index (χ2n) is 5.89. The number of nitrogens with zero attached hydrogens (tertiary/aromatic N) is 1. The summed E-state index contributed by atoms with van der Waals surface area (Å²) in [4.78, 5) is 14.2. The van der Waals surface area contributed by atoms with Gasteiger partial charge in [-0.2, -0.15) is 0 Å². The molecule has 0 spiro atoms. The van der Waals surface area contributed by atoms with Crippen molar-refractivity contribution in [1.29, 1.82) is 0 Å². The molecule has 1 aromatic heterocycles. The Kier molecular flexibility index (Phi) is 6.40. The SMILES string of the molecule is C[C@H]1CNCCN1C(=O)CCc1ccc(-c2ccccc2F)o1.Cl. The number of carbonyl (C=O) groups is 1. The molecule has 0 bridgehead atoms. The number of nitrogens with one attached hydrogen (secondary N) is 1. The molecule has 0 radical (unpaired) electrons. The Labute approximate surface area is 147 Å². The Morgan fingerprint density at radius 3 is 2.88 bits per heavy atom. The van der Waals surface area contributed by atoms with E-state index in [1.807, 2.05) is 17.9 Å². The van der Waals surface area contributed by atoms with Crippen LogP contribution < -0.4 is 5.32 Å². The van der Waals surface area contributed by atoms with Crippen LogP contribution in [0.25, 0.3) is 11.3 Å². The topological polar surface area (TPSA) is 45.5 Å². The molecular weight excluding hydrogens is 331 g/mol. The minimum Gasteiger partial charge on any atom is -0.461 e. The third-order valence-corrected chi connectivity index (χ3v) is 4.21. The van der Waals surface area contributed by atoms with Gasteiger partial charge in [-0.05, 0) is 31.2 Å². The van der Waals surface area contributed by atoms with Gasteiger partial charge >= 0.3 is 0 Å². The highest BCUT2D eigenvalue weighted by Crippen LogP contribution is 2.25. The molecule has 24 heavy (non-hydrogen) atoms. The molecule has 3 rings (SSSR count). The number of halogens is 2. The average molecular weight is 353 g/mol. The first-order chi connectivity index (χ1) is 11.1. The average Bonchev–Trinajstić information content (AvgIpc) is 3.02. The molecule has 1 N–H and O–H groups in total. The van der Waals surface area contributed by atoms with Crippen LogP contribution in [0.3, 0.4) is 0 Å². The molecule has 2 aromatic rings. The fourth-order valence-electron chi connectivity index (χ4n) is 2.90. The Morgan fingerprint density at radius 2 is 2.12 bits per heavy atom. The number of aryl methyl sites for hydroxylation is 1. The lowest BCUT2D eigenvalue weighted by atomic mass is 10.1. The summed E-state index contributed by atoms with van der Waals surface area (Å²) in [5.74, 6) is 1.04. The number of hydrogen-bond acceptors (Lipinski definition) is 3. The highest BCUT2D eigenvalue weighted by molar-refractivity contribution is 5.85. The third kappa shape index (κ3) is 4.16. The molecule has 130 valence electrons. The quantitative estimate of drug-likeness (QED) is 0.918. The summed E-state index contributed by atoms with van der Waals surface area (Å²) in [7, 11) is 0. The Morgan fingerprint density at radius 1 is 1.33 bits per heavy atom. The predicted molar refractivity (Wildman–Crippen MR) is 93.7 cm³/mol. The maximum Gasteiger partial charge on any atom is 0.223 e. The summed E-state index contributed by atoms with van der Waals surface area (Å²) in [5, 5.41) is 3.27. The lowest BCUT2D eigenvalue weighted by Gasteiger charge is -2.34. The molecule has 4 nitrogen and oxygen atoms in total. The van der Waals surface area contributed by atoms with Gasteiger partial charge in [0.1, 0.15) is 17.3 Å². The lowest BCUT2D eigenvalue weighted by molar-refractivity contribution is -0.133. The van der Waals surface area contributed by atoms with Gasteiger partial charge < -0.3 is 14.6 Å². The van der Waals surface area contributed by atoms with Crippen molar-refractivity contribution in [2.45, 2.75) is 25.8 Å². The molecule has 2 heterocycles. The third-order valence-electron chi connectivity index (χ3n) is 4.21. The van der Waals surface area contributed by atoms with Gasteiger partial charge in [-0.25, -0.2) is 4.39 Å². The number of piperazine rings is 1. The molecule has 1 atom stereocenters.